The van der Waals surface area contributed by atoms with Crippen LogP contribution in [0.5, 0.6) is 0 Å². The molecule has 0 spiro atoms. The van der Waals surface area contributed by atoms with Crippen LogP contribution in [0.2, 0.25) is 0 Å². The quantitative estimate of drug-likeness (QED) is 0.760. The van der Waals surface area contributed by atoms with Gasteiger partial charge < -0.3 is 10.1 Å². The Bertz CT molecular complexity index is 403. The van der Waals surface area contributed by atoms with Crippen molar-refractivity contribution in [3.05, 3.63) is 35.9 Å². The van der Waals surface area contributed by atoms with Gasteiger partial charge in [0.1, 0.15) is 6.61 Å². The standard InChI is InChI=1S/C17H28N2O2/c1-5-19(6-2)16(15-10-8-7-9-11-15)12-18-17(20)13-21-14(3)4/h7-11,14,16H,5-6,12-13H2,1-4H3,(H,18,20). The largest absolute Gasteiger partial charge is 0.369 e. The average Bonchev–Trinajstić information content (AvgIpc) is 2.50. The zero-order chi connectivity index (χ0) is 15.7. The van der Waals surface area contributed by atoms with Crippen molar-refractivity contribution in [1.29, 1.82) is 0 Å². The molecule has 1 aromatic carbocycles. The van der Waals surface area contributed by atoms with Gasteiger partial charge in [-0.05, 0) is 32.5 Å². The Morgan fingerprint density at radius 3 is 2.33 bits per heavy atom. The molecular weight excluding hydrogens is 264 g/mol. The minimum Gasteiger partial charge on any atom is -0.369 e. The fourth-order valence-corrected chi connectivity index (χ4v) is 2.30. The van der Waals surface area contributed by atoms with Gasteiger partial charge in [-0.1, -0.05) is 44.2 Å². The summed E-state index contributed by atoms with van der Waals surface area (Å²) in [5.41, 5.74) is 1.23. The van der Waals surface area contributed by atoms with Gasteiger partial charge in [0.2, 0.25) is 5.91 Å². The van der Waals surface area contributed by atoms with Gasteiger partial charge in [0.25, 0.3) is 0 Å². The van der Waals surface area contributed by atoms with E-state index < -0.39 is 0 Å². The van der Waals surface area contributed by atoms with E-state index in [0.717, 1.165) is 13.1 Å². The first-order chi connectivity index (χ1) is 10.1. The Morgan fingerprint density at radius 2 is 1.81 bits per heavy atom. The minimum absolute atomic E-state index is 0.0585. The van der Waals surface area contributed by atoms with Gasteiger partial charge in [0.05, 0.1) is 12.1 Å². The van der Waals surface area contributed by atoms with E-state index in [2.05, 4.69) is 36.2 Å². The maximum absolute atomic E-state index is 11.8. The number of likely N-dealkylation sites (N-methyl/N-ethyl adjacent to an activating group) is 1. The number of hydrogen-bond donors (Lipinski definition) is 1. The van der Waals surface area contributed by atoms with Crippen molar-refractivity contribution in [2.75, 3.05) is 26.2 Å². The number of rotatable bonds is 9. The van der Waals surface area contributed by atoms with E-state index in [1.165, 1.54) is 5.56 Å². The van der Waals surface area contributed by atoms with Crippen LogP contribution in [0, 0.1) is 0 Å². The summed E-state index contributed by atoms with van der Waals surface area (Å²) in [5.74, 6) is -0.0585. The number of hydrogen-bond acceptors (Lipinski definition) is 3. The van der Waals surface area contributed by atoms with Crippen LogP contribution in [0.25, 0.3) is 0 Å². The molecule has 4 heteroatoms. The number of benzene rings is 1. The molecule has 0 aromatic heterocycles. The van der Waals surface area contributed by atoms with Gasteiger partial charge in [-0.3, -0.25) is 9.69 Å². The molecule has 0 radical (unpaired) electrons. The third-order valence-electron chi connectivity index (χ3n) is 3.48. The van der Waals surface area contributed by atoms with Crippen LogP contribution >= 0.6 is 0 Å². The molecule has 0 saturated carbocycles. The van der Waals surface area contributed by atoms with E-state index in [9.17, 15) is 4.79 Å². The highest BCUT2D eigenvalue weighted by atomic mass is 16.5. The van der Waals surface area contributed by atoms with Crippen molar-refractivity contribution in [3.63, 3.8) is 0 Å². The van der Waals surface area contributed by atoms with Crippen molar-refractivity contribution in [1.82, 2.24) is 10.2 Å². The van der Waals surface area contributed by atoms with E-state index in [0.29, 0.717) is 6.54 Å². The number of nitrogens with zero attached hydrogens (tertiary/aromatic N) is 1. The Balaban J connectivity index is 2.64. The number of ether oxygens (including phenoxy) is 1. The predicted molar refractivity (Wildman–Crippen MR) is 86.2 cm³/mol. The Labute approximate surface area is 128 Å². The molecular formula is C17H28N2O2. The van der Waals surface area contributed by atoms with E-state index in [1.54, 1.807) is 0 Å². The zero-order valence-electron chi connectivity index (χ0n) is 13.6. The van der Waals surface area contributed by atoms with Crippen LogP contribution in [0.3, 0.4) is 0 Å². The van der Waals surface area contributed by atoms with Crippen molar-refractivity contribution < 1.29 is 9.53 Å². The summed E-state index contributed by atoms with van der Waals surface area (Å²) in [6.45, 7) is 10.8. The van der Waals surface area contributed by atoms with Gasteiger partial charge >= 0.3 is 0 Å². The van der Waals surface area contributed by atoms with E-state index in [1.807, 2.05) is 32.0 Å². The number of carbonyl (C=O) groups excluding carboxylic acids is 1. The highest BCUT2D eigenvalue weighted by molar-refractivity contribution is 5.77. The third kappa shape index (κ3) is 6.27. The number of nitrogens with one attached hydrogen (secondary N) is 1. The molecule has 21 heavy (non-hydrogen) atoms. The lowest BCUT2D eigenvalue weighted by molar-refractivity contribution is -0.127. The fourth-order valence-electron chi connectivity index (χ4n) is 2.30. The van der Waals surface area contributed by atoms with Crippen molar-refractivity contribution >= 4 is 5.91 Å². The molecule has 1 atom stereocenters. The molecule has 1 aromatic rings. The Kier molecular flexibility index (Phi) is 8.01. The summed E-state index contributed by atoms with van der Waals surface area (Å²) in [4.78, 5) is 14.2. The summed E-state index contributed by atoms with van der Waals surface area (Å²) >= 11 is 0. The SMILES string of the molecule is CCN(CC)C(CNC(=O)COC(C)C)c1ccccc1. The summed E-state index contributed by atoms with van der Waals surface area (Å²) in [5, 5.41) is 2.98. The number of carbonyl (C=O) groups is 1. The van der Waals surface area contributed by atoms with Crippen LogP contribution in [-0.2, 0) is 9.53 Å². The maximum Gasteiger partial charge on any atom is 0.246 e. The highest BCUT2D eigenvalue weighted by Gasteiger charge is 2.18. The molecule has 4 nitrogen and oxygen atoms in total. The molecule has 0 aliphatic rings. The molecule has 0 heterocycles. The fraction of sp³-hybridized carbons (Fsp3) is 0.588. The molecule has 1 N–H and O–H groups in total. The van der Waals surface area contributed by atoms with Crippen LogP contribution in [0.15, 0.2) is 30.3 Å². The topological polar surface area (TPSA) is 41.6 Å². The summed E-state index contributed by atoms with van der Waals surface area (Å²) in [7, 11) is 0. The van der Waals surface area contributed by atoms with Crippen LogP contribution in [0.4, 0.5) is 0 Å². The molecule has 118 valence electrons. The van der Waals surface area contributed by atoms with Crippen molar-refractivity contribution in [2.45, 2.75) is 39.8 Å². The van der Waals surface area contributed by atoms with Gasteiger partial charge in [-0.25, -0.2) is 0 Å². The zero-order valence-corrected chi connectivity index (χ0v) is 13.6. The first-order valence-electron chi connectivity index (χ1n) is 7.75. The van der Waals surface area contributed by atoms with Crippen molar-refractivity contribution in [2.24, 2.45) is 0 Å². The monoisotopic (exact) mass is 292 g/mol. The average molecular weight is 292 g/mol. The lowest BCUT2D eigenvalue weighted by Gasteiger charge is -2.30. The Hall–Kier alpha value is -1.39. The van der Waals surface area contributed by atoms with Crippen LogP contribution in [-0.4, -0.2) is 43.2 Å². The summed E-state index contributed by atoms with van der Waals surface area (Å²) < 4.78 is 5.33. The lowest BCUT2D eigenvalue weighted by atomic mass is 10.1. The Morgan fingerprint density at radius 1 is 1.19 bits per heavy atom. The molecule has 1 unspecified atom stereocenters. The van der Waals surface area contributed by atoms with Gasteiger partial charge in [-0.15, -0.1) is 0 Å². The smallest absolute Gasteiger partial charge is 0.246 e. The maximum atomic E-state index is 11.8. The predicted octanol–water partition coefficient (Wildman–Crippen LogP) is 2.61. The molecule has 0 aliphatic heterocycles. The first-order valence-corrected chi connectivity index (χ1v) is 7.75. The van der Waals surface area contributed by atoms with Gasteiger partial charge in [-0.2, -0.15) is 0 Å². The van der Waals surface area contributed by atoms with E-state index in [-0.39, 0.29) is 24.7 Å². The second-order valence-corrected chi connectivity index (χ2v) is 5.31. The molecule has 0 aliphatic carbocycles. The van der Waals surface area contributed by atoms with E-state index >= 15 is 0 Å². The van der Waals surface area contributed by atoms with Crippen LogP contribution < -0.4 is 5.32 Å². The molecule has 0 bridgehead atoms. The minimum atomic E-state index is -0.0585. The normalized spacial score (nSPS) is 12.7. The second kappa shape index (κ2) is 9.53. The first kappa shape index (κ1) is 17.7. The van der Waals surface area contributed by atoms with Gasteiger partial charge in [0.15, 0.2) is 0 Å². The lowest BCUT2D eigenvalue weighted by Crippen LogP contribution is -2.39. The molecule has 0 saturated heterocycles. The summed E-state index contributed by atoms with van der Waals surface area (Å²) in [6.07, 6.45) is 0.0726. The summed E-state index contributed by atoms with van der Waals surface area (Å²) in [6, 6.07) is 10.5. The van der Waals surface area contributed by atoms with Crippen LogP contribution in [0.1, 0.15) is 39.3 Å². The molecule has 0 fully saturated rings. The van der Waals surface area contributed by atoms with Crippen molar-refractivity contribution in [3.8, 4) is 0 Å². The van der Waals surface area contributed by atoms with E-state index in [4.69, 9.17) is 4.74 Å². The third-order valence-corrected chi connectivity index (χ3v) is 3.48. The second-order valence-electron chi connectivity index (χ2n) is 5.31. The molecule has 1 amide bonds. The highest BCUT2D eigenvalue weighted by Crippen LogP contribution is 2.19. The van der Waals surface area contributed by atoms with Gasteiger partial charge in [0, 0.05) is 6.54 Å². The number of amides is 1. The molecule has 1 rings (SSSR count).